The molecular weight excluding hydrogens is 168 g/mol. The average Bonchev–Trinajstić information content (AvgIpc) is 2.16. The van der Waals surface area contributed by atoms with Gasteiger partial charge in [0, 0.05) is 13.7 Å². The van der Waals surface area contributed by atoms with E-state index in [2.05, 4.69) is 0 Å². The maximum Gasteiger partial charge on any atom is 0.308 e. The minimum atomic E-state index is -0.0834. The van der Waals surface area contributed by atoms with Gasteiger partial charge in [-0.3, -0.25) is 4.79 Å². The van der Waals surface area contributed by atoms with E-state index in [9.17, 15) is 4.79 Å². The van der Waals surface area contributed by atoms with Crippen molar-refractivity contribution in [2.24, 2.45) is 5.92 Å². The molecule has 13 heavy (non-hydrogen) atoms. The number of hydrogen-bond donors (Lipinski definition) is 0. The molecule has 0 aromatic heterocycles. The second-order valence-corrected chi connectivity index (χ2v) is 3.18. The lowest BCUT2D eigenvalue weighted by molar-refractivity contribution is -0.148. The van der Waals surface area contributed by atoms with Crippen LogP contribution in [0.2, 0.25) is 0 Å². The lowest BCUT2D eigenvalue weighted by Gasteiger charge is -2.08. The van der Waals surface area contributed by atoms with Gasteiger partial charge in [0.2, 0.25) is 0 Å². The summed E-state index contributed by atoms with van der Waals surface area (Å²) in [5, 5.41) is 0. The molecule has 0 aliphatic rings. The van der Waals surface area contributed by atoms with Gasteiger partial charge in [0.25, 0.3) is 0 Å². The molecule has 0 amide bonds. The molecule has 0 rings (SSSR count). The van der Waals surface area contributed by atoms with Crippen LogP contribution in [0.4, 0.5) is 0 Å². The van der Waals surface area contributed by atoms with E-state index in [-0.39, 0.29) is 11.9 Å². The number of ether oxygens (including phenoxy) is 2. The zero-order chi connectivity index (χ0) is 10.1. The third-order valence-corrected chi connectivity index (χ3v) is 2.00. The normalized spacial score (nSPS) is 12.5. The van der Waals surface area contributed by atoms with Crippen LogP contribution >= 0.6 is 0 Å². The summed E-state index contributed by atoms with van der Waals surface area (Å²) in [4.78, 5) is 11.2. The number of unbranched alkanes of at least 4 members (excludes halogenated alkanes) is 1. The topological polar surface area (TPSA) is 35.5 Å². The van der Waals surface area contributed by atoms with Gasteiger partial charge in [-0.2, -0.15) is 0 Å². The first-order valence-electron chi connectivity index (χ1n) is 4.88. The maximum absolute atomic E-state index is 11.2. The zero-order valence-corrected chi connectivity index (χ0v) is 8.84. The largest absolute Gasteiger partial charge is 0.465 e. The molecule has 0 heterocycles. The number of hydrogen-bond acceptors (Lipinski definition) is 3. The Morgan fingerprint density at radius 2 is 1.92 bits per heavy atom. The van der Waals surface area contributed by atoms with E-state index in [1.807, 2.05) is 13.8 Å². The molecule has 0 aromatic carbocycles. The van der Waals surface area contributed by atoms with Crippen LogP contribution in [-0.4, -0.2) is 26.3 Å². The van der Waals surface area contributed by atoms with Gasteiger partial charge in [0.05, 0.1) is 12.5 Å². The highest BCUT2D eigenvalue weighted by Crippen LogP contribution is 2.03. The van der Waals surface area contributed by atoms with Gasteiger partial charge in [0.15, 0.2) is 0 Å². The molecular formula is C10H20O3. The van der Waals surface area contributed by atoms with Crippen LogP contribution in [-0.2, 0) is 14.3 Å². The lowest BCUT2D eigenvalue weighted by atomic mass is 10.1. The summed E-state index contributed by atoms with van der Waals surface area (Å²) in [5.74, 6) is -0.0534. The van der Waals surface area contributed by atoms with Gasteiger partial charge >= 0.3 is 5.97 Å². The van der Waals surface area contributed by atoms with Gasteiger partial charge in [0.1, 0.15) is 0 Å². The summed E-state index contributed by atoms with van der Waals surface area (Å²) in [5.41, 5.74) is 0. The number of carbonyl (C=O) groups is 1. The van der Waals surface area contributed by atoms with E-state index in [1.54, 1.807) is 7.11 Å². The van der Waals surface area contributed by atoms with Crippen molar-refractivity contribution in [3.63, 3.8) is 0 Å². The van der Waals surface area contributed by atoms with Crippen LogP contribution in [0.25, 0.3) is 0 Å². The maximum atomic E-state index is 11.2. The number of esters is 1. The van der Waals surface area contributed by atoms with Crippen molar-refractivity contribution >= 4 is 5.97 Å². The Balaban J connectivity index is 3.27. The summed E-state index contributed by atoms with van der Waals surface area (Å²) in [6, 6.07) is 0. The number of methoxy groups -OCH3 is 1. The fraction of sp³-hybridized carbons (Fsp3) is 0.900. The first-order chi connectivity index (χ1) is 6.22. The molecule has 0 aromatic rings. The van der Waals surface area contributed by atoms with Crippen LogP contribution in [0.3, 0.4) is 0 Å². The number of rotatable bonds is 7. The van der Waals surface area contributed by atoms with Crippen molar-refractivity contribution < 1.29 is 14.3 Å². The van der Waals surface area contributed by atoms with Crippen molar-refractivity contribution in [2.75, 3.05) is 20.3 Å². The van der Waals surface area contributed by atoms with E-state index < -0.39 is 0 Å². The van der Waals surface area contributed by atoms with E-state index >= 15 is 0 Å². The molecule has 3 nitrogen and oxygen atoms in total. The second kappa shape index (κ2) is 8.05. The fourth-order valence-corrected chi connectivity index (χ4v) is 0.830. The molecule has 0 aliphatic heterocycles. The molecule has 0 saturated heterocycles. The SMILES string of the molecule is CCC(C)C(=O)OCCCCOC. The monoisotopic (exact) mass is 188 g/mol. The predicted molar refractivity (Wildman–Crippen MR) is 51.5 cm³/mol. The Morgan fingerprint density at radius 3 is 2.46 bits per heavy atom. The van der Waals surface area contributed by atoms with Crippen LogP contribution in [0, 0.1) is 5.92 Å². The van der Waals surface area contributed by atoms with Gasteiger partial charge in [-0.05, 0) is 19.3 Å². The van der Waals surface area contributed by atoms with Crippen LogP contribution in [0.5, 0.6) is 0 Å². The summed E-state index contributed by atoms with van der Waals surface area (Å²) in [6.45, 7) is 5.13. The van der Waals surface area contributed by atoms with E-state index in [0.29, 0.717) is 6.61 Å². The highest BCUT2D eigenvalue weighted by Gasteiger charge is 2.10. The van der Waals surface area contributed by atoms with E-state index in [4.69, 9.17) is 9.47 Å². The Hall–Kier alpha value is -0.570. The van der Waals surface area contributed by atoms with Crippen molar-refractivity contribution in [1.29, 1.82) is 0 Å². The average molecular weight is 188 g/mol. The summed E-state index contributed by atoms with van der Waals surface area (Å²) in [6.07, 6.45) is 2.68. The van der Waals surface area contributed by atoms with Crippen molar-refractivity contribution in [2.45, 2.75) is 33.1 Å². The van der Waals surface area contributed by atoms with Crippen molar-refractivity contribution in [3.8, 4) is 0 Å². The summed E-state index contributed by atoms with van der Waals surface area (Å²) >= 11 is 0. The van der Waals surface area contributed by atoms with Crippen LogP contribution in [0.15, 0.2) is 0 Å². The molecule has 0 fully saturated rings. The Bertz CT molecular complexity index is 134. The minimum absolute atomic E-state index is 0.0300. The van der Waals surface area contributed by atoms with Gasteiger partial charge < -0.3 is 9.47 Å². The first-order valence-corrected chi connectivity index (χ1v) is 4.88. The van der Waals surface area contributed by atoms with Gasteiger partial charge in [-0.1, -0.05) is 13.8 Å². The van der Waals surface area contributed by atoms with E-state index in [1.165, 1.54) is 0 Å². The van der Waals surface area contributed by atoms with Crippen molar-refractivity contribution in [3.05, 3.63) is 0 Å². The predicted octanol–water partition coefficient (Wildman–Crippen LogP) is 2.00. The van der Waals surface area contributed by atoms with E-state index in [0.717, 1.165) is 25.9 Å². The summed E-state index contributed by atoms with van der Waals surface area (Å²) in [7, 11) is 1.67. The third-order valence-electron chi connectivity index (χ3n) is 2.00. The highest BCUT2D eigenvalue weighted by molar-refractivity contribution is 5.71. The third kappa shape index (κ3) is 6.58. The van der Waals surface area contributed by atoms with Gasteiger partial charge in [-0.15, -0.1) is 0 Å². The molecule has 3 heteroatoms. The molecule has 1 atom stereocenters. The molecule has 78 valence electrons. The highest BCUT2D eigenvalue weighted by atomic mass is 16.5. The van der Waals surface area contributed by atoms with Crippen molar-refractivity contribution in [1.82, 2.24) is 0 Å². The van der Waals surface area contributed by atoms with Crippen LogP contribution < -0.4 is 0 Å². The quantitative estimate of drug-likeness (QED) is 0.453. The second-order valence-electron chi connectivity index (χ2n) is 3.18. The molecule has 0 radical (unpaired) electrons. The molecule has 0 bridgehead atoms. The first kappa shape index (κ1) is 12.4. The molecule has 0 N–H and O–H groups in total. The molecule has 0 spiro atoms. The Morgan fingerprint density at radius 1 is 1.31 bits per heavy atom. The fourth-order valence-electron chi connectivity index (χ4n) is 0.830. The minimum Gasteiger partial charge on any atom is -0.465 e. The summed E-state index contributed by atoms with van der Waals surface area (Å²) < 4.78 is 9.92. The standard InChI is InChI=1S/C10H20O3/c1-4-9(2)10(11)13-8-6-5-7-12-3/h9H,4-8H2,1-3H3. The Kier molecular flexibility index (Phi) is 7.69. The Labute approximate surface area is 80.4 Å². The van der Waals surface area contributed by atoms with Gasteiger partial charge in [-0.25, -0.2) is 0 Å². The molecule has 0 saturated carbocycles. The number of carbonyl (C=O) groups excluding carboxylic acids is 1. The molecule has 1 unspecified atom stereocenters. The smallest absolute Gasteiger partial charge is 0.308 e. The molecule has 0 aliphatic carbocycles. The van der Waals surface area contributed by atoms with Crippen LogP contribution in [0.1, 0.15) is 33.1 Å². The zero-order valence-electron chi connectivity index (χ0n) is 8.84. The lowest BCUT2D eigenvalue weighted by Crippen LogP contribution is -2.14.